The van der Waals surface area contributed by atoms with Crippen LogP contribution in [0.5, 0.6) is 17.2 Å². The Bertz CT molecular complexity index is 1530. The number of benzene rings is 2. The van der Waals surface area contributed by atoms with Crippen LogP contribution in [0.15, 0.2) is 46.3 Å². The standard InChI is InChI=1S/C24H25N3O8S2/c1-32-16-5-7-17(8-6-16)37(30,31)26-9-3-4-15(12-26)23(29)25-24-27(13-22(28)33-2)18-10-19-20(35-14-34-19)11-21(18)36-24/h5-8,10-11,15H,3-4,9,12-14H2,1-2H3. The zero-order chi connectivity index (χ0) is 26.2. The number of piperidine rings is 1. The predicted octanol–water partition coefficient (Wildman–Crippen LogP) is 2.14. The lowest BCUT2D eigenvalue weighted by Crippen LogP contribution is -2.42. The number of methoxy groups -OCH3 is 2. The minimum absolute atomic E-state index is 0.0224. The second-order valence-corrected chi connectivity index (χ2v) is 11.5. The van der Waals surface area contributed by atoms with E-state index in [9.17, 15) is 18.0 Å². The number of aromatic nitrogens is 1. The first-order chi connectivity index (χ1) is 17.8. The molecule has 0 aliphatic carbocycles. The molecule has 37 heavy (non-hydrogen) atoms. The molecule has 0 saturated carbocycles. The Morgan fingerprint density at radius 2 is 1.86 bits per heavy atom. The molecule has 13 heteroatoms. The van der Waals surface area contributed by atoms with Crippen LogP contribution in [0.25, 0.3) is 10.2 Å². The van der Waals surface area contributed by atoms with Crippen molar-refractivity contribution in [3.05, 3.63) is 41.2 Å². The summed E-state index contributed by atoms with van der Waals surface area (Å²) in [5, 5.41) is 0. The number of esters is 1. The van der Waals surface area contributed by atoms with E-state index in [0.29, 0.717) is 47.0 Å². The number of hydrogen-bond acceptors (Lipinski definition) is 9. The first kappa shape index (κ1) is 25.2. The topological polar surface area (TPSA) is 126 Å². The van der Waals surface area contributed by atoms with Crippen LogP contribution in [0.1, 0.15) is 12.8 Å². The van der Waals surface area contributed by atoms with Gasteiger partial charge in [0.2, 0.25) is 16.8 Å². The molecule has 0 bridgehead atoms. The van der Waals surface area contributed by atoms with Crippen molar-refractivity contribution in [2.75, 3.05) is 34.1 Å². The average molecular weight is 548 g/mol. The molecule has 0 N–H and O–H groups in total. The Balaban J connectivity index is 1.44. The molecular formula is C24H25N3O8S2. The van der Waals surface area contributed by atoms with Gasteiger partial charge in [-0.05, 0) is 37.1 Å². The second kappa shape index (κ2) is 10.1. The van der Waals surface area contributed by atoms with E-state index in [4.69, 9.17) is 18.9 Å². The molecule has 11 nitrogen and oxygen atoms in total. The number of hydrogen-bond donors (Lipinski definition) is 0. The highest BCUT2D eigenvalue weighted by Crippen LogP contribution is 2.37. The monoisotopic (exact) mass is 547 g/mol. The van der Waals surface area contributed by atoms with Gasteiger partial charge in [-0.2, -0.15) is 9.30 Å². The van der Waals surface area contributed by atoms with Gasteiger partial charge >= 0.3 is 5.97 Å². The molecule has 2 aliphatic heterocycles. The number of sulfonamides is 1. The molecule has 1 aromatic heterocycles. The minimum Gasteiger partial charge on any atom is -0.497 e. The summed E-state index contributed by atoms with van der Waals surface area (Å²) >= 11 is 1.23. The van der Waals surface area contributed by atoms with Crippen molar-refractivity contribution in [3.63, 3.8) is 0 Å². The zero-order valence-corrected chi connectivity index (χ0v) is 21.8. The molecule has 0 spiro atoms. The molecule has 3 heterocycles. The summed E-state index contributed by atoms with van der Waals surface area (Å²) in [6.45, 7) is 0.297. The summed E-state index contributed by atoms with van der Waals surface area (Å²) in [7, 11) is -0.995. The number of nitrogens with zero attached hydrogens (tertiary/aromatic N) is 3. The van der Waals surface area contributed by atoms with Crippen molar-refractivity contribution in [2.24, 2.45) is 10.9 Å². The number of amides is 1. The lowest BCUT2D eigenvalue weighted by Gasteiger charge is -2.30. The fraction of sp³-hybridized carbons (Fsp3) is 0.375. The Morgan fingerprint density at radius 3 is 2.57 bits per heavy atom. The Morgan fingerprint density at radius 1 is 1.14 bits per heavy atom. The highest BCUT2D eigenvalue weighted by Gasteiger charge is 2.33. The van der Waals surface area contributed by atoms with Gasteiger partial charge in [0, 0.05) is 25.2 Å². The van der Waals surface area contributed by atoms with Gasteiger partial charge in [-0.15, -0.1) is 0 Å². The molecule has 1 saturated heterocycles. The highest BCUT2D eigenvalue weighted by molar-refractivity contribution is 7.89. The van der Waals surface area contributed by atoms with Crippen LogP contribution in [0.4, 0.5) is 0 Å². The third-order valence-electron chi connectivity index (χ3n) is 6.33. The van der Waals surface area contributed by atoms with Gasteiger partial charge in [-0.3, -0.25) is 9.59 Å². The van der Waals surface area contributed by atoms with Crippen LogP contribution in [0.3, 0.4) is 0 Å². The van der Waals surface area contributed by atoms with Crippen molar-refractivity contribution < 1.29 is 37.0 Å². The molecule has 196 valence electrons. The summed E-state index contributed by atoms with van der Waals surface area (Å²) in [5.74, 6) is 0.101. The second-order valence-electron chi connectivity index (χ2n) is 8.55. The van der Waals surface area contributed by atoms with Gasteiger partial charge in [-0.1, -0.05) is 11.3 Å². The Kier molecular flexibility index (Phi) is 6.92. The van der Waals surface area contributed by atoms with E-state index in [0.717, 1.165) is 4.70 Å². The van der Waals surface area contributed by atoms with Crippen molar-refractivity contribution in [3.8, 4) is 17.2 Å². The maximum absolute atomic E-state index is 13.3. The van der Waals surface area contributed by atoms with Crippen molar-refractivity contribution in [1.82, 2.24) is 8.87 Å². The number of carbonyl (C=O) groups excluding carboxylic acids is 2. The third kappa shape index (κ3) is 4.93. The van der Waals surface area contributed by atoms with Gasteiger partial charge in [-0.25, -0.2) is 8.42 Å². The molecule has 5 rings (SSSR count). The van der Waals surface area contributed by atoms with Gasteiger partial charge in [0.15, 0.2) is 16.3 Å². The summed E-state index contributed by atoms with van der Waals surface area (Å²) in [6.07, 6.45) is 1.03. The molecule has 2 aliphatic rings. The SMILES string of the molecule is COC(=O)Cn1c(=NC(=O)C2CCCN(S(=O)(=O)c3ccc(OC)cc3)C2)sc2cc3c(cc21)OCO3. The lowest BCUT2D eigenvalue weighted by atomic mass is 9.99. The van der Waals surface area contributed by atoms with Crippen LogP contribution >= 0.6 is 11.3 Å². The fourth-order valence-electron chi connectivity index (χ4n) is 4.34. The first-order valence-corrected chi connectivity index (χ1v) is 13.8. The number of rotatable bonds is 6. The molecule has 1 amide bonds. The maximum atomic E-state index is 13.3. The molecule has 1 atom stereocenters. The van der Waals surface area contributed by atoms with Crippen LogP contribution in [-0.2, 0) is 30.9 Å². The lowest BCUT2D eigenvalue weighted by molar-refractivity contribution is -0.141. The third-order valence-corrected chi connectivity index (χ3v) is 9.25. The molecule has 2 aromatic carbocycles. The molecule has 1 unspecified atom stereocenters. The van der Waals surface area contributed by atoms with E-state index in [2.05, 4.69) is 4.99 Å². The van der Waals surface area contributed by atoms with E-state index in [1.807, 2.05) is 0 Å². The first-order valence-electron chi connectivity index (χ1n) is 11.5. The van der Waals surface area contributed by atoms with Crippen LogP contribution in [0.2, 0.25) is 0 Å². The smallest absolute Gasteiger partial charge is 0.325 e. The summed E-state index contributed by atoms with van der Waals surface area (Å²) in [4.78, 5) is 30.2. The van der Waals surface area contributed by atoms with E-state index < -0.39 is 27.8 Å². The van der Waals surface area contributed by atoms with Gasteiger partial charge in [0.1, 0.15) is 12.3 Å². The maximum Gasteiger partial charge on any atom is 0.325 e. The Hall–Kier alpha value is -3.42. The largest absolute Gasteiger partial charge is 0.497 e. The van der Waals surface area contributed by atoms with Gasteiger partial charge < -0.3 is 23.5 Å². The van der Waals surface area contributed by atoms with E-state index in [1.54, 1.807) is 28.8 Å². The molecule has 1 fully saturated rings. The summed E-state index contributed by atoms with van der Waals surface area (Å²) < 4.78 is 50.9. The zero-order valence-electron chi connectivity index (χ0n) is 20.2. The van der Waals surface area contributed by atoms with E-state index in [-0.39, 0.29) is 24.8 Å². The number of thiazole rings is 1. The van der Waals surface area contributed by atoms with Crippen LogP contribution in [0, 0.1) is 5.92 Å². The van der Waals surface area contributed by atoms with Gasteiger partial charge in [0.25, 0.3) is 5.91 Å². The van der Waals surface area contributed by atoms with E-state index in [1.165, 1.54) is 42.0 Å². The van der Waals surface area contributed by atoms with Crippen molar-refractivity contribution in [2.45, 2.75) is 24.3 Å². The Labute approximate surface area is 216 Å². The van der Waals surface area contributed by atoms with Gasteiger partial charge in [0.05, 0.1) is 35.2 Å². The minimum atomic E-state index is -3.79. The number of carbonyl (C=O) groups is 2. The number of ether oxygens (including phenoxy) is 4. The van der Waals surface area contributed by atoms with Crippen molar-refractivity contribution >= 4 is 43.5 Å². The predicted molar refractivity (Wildman–Crippen MR) is 133 cm³/mol. The normalized spacial score (nSPS) is 18.2. The number of fused-ring (bicyclic) bond motifs is 2. The molecule has 0 radical (unpaired) electrons. The summed E-state index contributed by atoms with van der Waals surface area (Å²) in [5.41, 5.74) is 0.651. The van der Waals surface area contributed by atoms with Crippen molar-refractivity contribution in [1.29, 1.82) is 0 Å². The van der Waals surface area contributed by atoms with E-state index >= 15 is 0 Å². The quantitative estimate of drug-likeness (QED) is 0.430. The van der Waals surface area contributed by atoms with Crippen LogP contribution in [-0.4, -0.2) is 63.3 Å². The van der Waals surface area contributed by atoms with Crippen LogP contribution < -0.4 is 19.0 Å². The fourth-order valence-corrected chi connectivity index (χ4v) is 6.90. The highest BCUT2D eigenvalue weighted by atomic mass is 32.2. The average Bonchev–Trinajstić information content (AvgIpc) is 3.50. The molecule has 3 aromatic rings. The molecular weight excluding hydrogens is 522 g/mol. The summed E-state index contributed by atoms with van der Waals surface area (Å²) in [6, 6.07) is 9.67.